The van der Waals surface area contributed by atoms with E-state index in [2.05, 4.69) is 17.0 Å². The van der Waals surface area contributed by atoms with Gasteiger partial charge in [-0.25, -0.2) is 4.79 Å². The van der Waals surface area contributed by atoms with Gasteiger partial charge in [-0.3, -0.25) is 0 Å². The van der Waals surface area contributed by atoms with Gasteiger partial charge in [0.1, 0.15) is 0 Å². The number of rotatable bonds is 1. The molecule has 5 heteroatoms. The zero-order valence-electron chi connectivity index (χ0n) is 15.3. The first-order valence-electron chi connectivity index (χ1n) is 10.3. The van der Waals surface area contributed by atoms with Crippen LogP contribution in [-0.2, 0) is 0 Å². The van der Waals surface area contributed by atoms with Crippen molar-refractivity contribution in [3.05, 3.63) is 23.3 Å². The van der Waals surface area contributed by atoms with E-state index in [1.54, 1.807) is 4.90 Å². The van der Waals surface area contributed by atoms with Gasteiger partial charge >= 0.3 is 6.09 Å². The van der Waals surface area contributed by atoms with Crippen LogP contribution in [0.2, 0.25) is 0 Å². The van der Waals surface area contributed by atoms with Crippen molar-refractivity contribution in [2.45, 2.75) is 67.7 Å². The molecule has 1 N–H and O–H groups in total. The van der Waals surface area contributed by atoms with E-state index in [0.717, 1.165) is 13.0 Å². The minimum Gasteiger partial charge on any atom is -0.465 e. The molecule has 3 aliphatic heterocycles. The topological polar surface area (TPSA) is 43.8 Å². The fourth-order valence-corrected chi connectivity index (χ4v) is 6.76. The van der Waals surface area contributed by atoms with E-state index < -0.39 is 6.09 Å². The van der Waals surface area contributed by atoms with Crippen molar-refractivity contribution in [2.75, 3.05) is 30.3 Å². The summed E-state index contributed by atoms with van der Waals surface area (Å²) >= 11 is 2.03. The Morgan fingerprint density at radius 3 is 2.73 bits per heavy atom. The minimum absolute atomic E-state index is 0.357. The Morgan fingerprint density at radius 2 is 1.92 bits per heavy atom. The number of carbonyl (C=O) groups is 1. The lowest BCUT2D eigenvalue weighted by atomic mass is 9.82. The molecule has 1 amide bonds. The van der Waals surface area contributed by atoms with Crippen LogP contribution in [0.3, 0.4) is 0 Å². The smallest absolute Gasteiger partial charge is 0.407 e. The number of fused-ring (bicyclic) bond motifs is 3. The monoisotopic (exact) mass is 372 g/mol. The molecule has 0 aromatic heterocycles. The Kier molecular flexibility index (Phi) is 4.30. The van der Waals surface area contributed by atoms with E-state index in [1.165, 1.54) is 66.0 Å². The molecule has 0 spiro atoms. The summed E-state index contributed by atoms with van der Waals surface area (Å²) in [5.74, 6) is 2.27. The van der Waals surface area contributed by atoms with Gasteiger partial charge in [-0.1, -0.05) is 25.3 Å². The lowest BCUT2D eigenvalue weighted by Gasteiger charge is -2.37. The van der Waals surface area contributed by atoms with Crippen LogP contribution in [0.4, 0.5) is 10.5 Å². The van der Waals surface area contributed by atoms with E-state index >= 15 is 0 Å². The van der Waals surface area contributed by atoms with Crippen molar-refractivity contribution in [1.82, 2.24) is 4.90 Å². The van der Waals surface area contributed by atoms with E-state index in [-0.39, 0.29) is 0 Å². The molecule has 1 saturated heterocycles. The van der Waals surface area contributed by atoms with Crippen LogP contribution >= 0.6 is 11.8 Å². The molecule has 1 aliphatic carbocycles. The van der Waals surface area contributed by atoms with Crippen LogP contribution in [0.15, 0.2) is 17.0 Å². The molecular formula is C21H28N2O2S. The summed E-state index contributed by atoms with van der Waals surface area (Å²) < 4.78 is 0. The first-order chi connectivity index (χ1) is 12.7. The molecule has 0 unspecified atom stereocenters. The van der Waals surface area contributed by atoms with Crippen molar-refractivity contribution in [3.63, 3.8) is 0 Å². The number of anilines is 1. The van der Waals surface area contributed by atoms with Gasteiger partial charge in [-0.15, -0.1) is 11.8 Å². The minimum atomic E-state index is -0.756. The van der Waals surface area contributed by atoms with Crippen LogP contribution in [-0.4, -0.2) is 47.5 Å². The second-order valence-electron chi connectivity index (χ2n) is 8.38. The standard InChI is InChI=1S/C21H28N2O2S/c24-21(25)22-9-7-18-17(13-22)16-11-15(14-5-2-1-3-6-14)12-19-20(16)23(18)8-4-10-26-19/h11-12,14,17-18H,1-10,13H2,(H,24,25)/t17-,18-/m0/s1. The third kappa shape index (κ3) is 2.70. The number of amides is 1. The molecule has 3 heterocycles. The molecule has 5 rings (SSSR count). The fraction of sp³-hybridized carbons (Fsp3) is 0.667. The second-order valence-corrected chi connectivity index (χ2v) is 9.52. The van der Waals surface area contributed by atoms with Crippen LogP contribution in [0.5, 0.6) is 0 Å². The van der Waals surface area contributed by atoms with Gasteiger partial charge in [0, 0.05) is 36.5 Å². The molecule has 1 aromatic rings. The number of carboxylic acid groups (broad SMARTS) is 1. The van der Waals surface area contributed by atoms with Crippen molar-refractivity contribution in [2.24, 2.45) is 0 Å². The fourth-order valence-electron chi connectivity index (χ4n) is 5.68. The van der Waals surface area contributed by atoms with E-state index in [0.29, 0.717) is 31.0 Å². The van der Waals surface area contributed by atoms with Gasteiger partial charge in [-0.05, 0) is 54.5 Å². The first-order valence-corrected chi connectivity index (χ1v) is 11.3. The second kappa shape index (κ2) is 6.66. The molecule has 4 aliphatic rings. The molecule has 0 radical (unpaired) electrons. The number of thioether (sulfide) groups is 1. The molecule has 4 nitrogen and oxygen atoms in total. The van der Waals surface area contributed by atoms with Gasteiger partial charge in [0.2, 0.25) is 0 Å². The van der Waals surface area contributed by atoms with Crippen LogP contribution in [0.25, 0.3) is 0 Å². The highest BCUT2D eigenvalue weighted by molar-refractivity contribution is 7.99. The average molecular weight is 373 g/mol. The maximum absolute atomic E-state index is 11.6. The third-order valence-electron chi connectivity index (χ3n) is 6.94. The summed E-state index contributed by atoms with van der Waals surface area (Å²) in [6, 6.07) is 5.47. The molecule has 1 saturated carbocycles. The molecule has 2 atom stereocenters. The summed E-state index contributed by atoms with van der Waals surface area (Å²) in [5.41, 5.74) is 4.43. The van der Waals surface area contributed by atoms with Gasteiger partial charge in [0.15, 0.2) is 0 Å². The van der Waals surface area contributed by atoms with Crippen molar-refractivity contribution >= 4 is 23.5 Å². The maximum Gasteiger partial charge on any atom is 0.407 e. The normalized spacial score (nSPS) is 28.5. The van der Waals surface area contributed by atoms with Gasteiger partial charge in [-0.2, -0.15) is 0 Å². The number of piperidine rings is 1. The lowest BCUT2D eigenvalue weighted by molar-refractivity contribution is 0.127. The molecule has 1 aromatic carbocycles. The molecule has 0 bridgehead atoms. The summed E-state index contributed by atoms with van der Waals surface area (Å²) in [7, 11) is 0. The Labute approximate surface area is 159 Å². The lowest BCUT2D eigenvalue weighted by Crippen LogP contribution is -2.48. The molecule has 140 valence electrons. The highest BCUT2D eigenvalue weighted by Gasteiger charge is 2.44. The number of nitrogens with zero attached hydrogens (tertiary/aromatic N) is 2. The Morgan fingerprint density at radius 1 is 1.08 bits per heavy atom. The largest absolute Gasteiger partial charge is 0.465 e. The van der Waals surface area contributed by atoms with E-state index in [9.17, 15) is 9.90 Å². The summed E-state index contributed by atoms with van der Waals surface area (Å²) in [4.78, 5) is 17.3. The Hall–Kier alpha value is -1.36. The predicted molar refractivity (Wildman–Crippen MR) is 106 cm³/mol. The van der Waals surface area contributed by atoms with Crippen LogP contribution in [0.1, 0.15) is 67.9 Å². The molecule has 2 fully saturated rings. The zero-order chi connectivity index (χ0) is 17.7. The van der Waals surface area contributed by atoms with Crippen molar-refractivity contribution < 1.29 is 9.90 Å². The summed E-state index contributed by atoms with van der Waals surface area (Å²) in [6.45, 7) is 2.48. The summed E-state index contributed by atoms with van der Waals surface area (Å²) in [5, 5.41) is 9.51. The third-order valence-corrected chi connectivity index (χ3v) is 8.05. The number of hydrogen-bond donors (Lipinski definition) is 1. The summed E-state index contributed by atoms with van der Waals surface area (Å²) in [6.07, 6.45) is 8.18. The number of likely N-dealkylation sites (tertiary alicyclic amines) is 1. The van der Waals surface area contributed by atoms with E-state index in [1.807, 2.05) is 11.8 Å². The SMILES string of the molecule is O=C(O)N1CC[C@H]2[C@@H](C1)c1cc(C3CCCCC3)cc3c1N2CCCS3. The Balaban J connectivity index is 1.57. The predicted octanol–water partition coefficient (Wildman–Crippen LogP) is 4.89. The number of benzene rings is 1. The van der Waals surface area contributed by atoms with Crippen molar-refractivity contribution in [3.8, 4) is 0 Å². The quantitative estimate of drug-likeness (QED) is 0.762. The van der Waals surface area contributed by atoms with Gasteiger partial charge in [0.25, 0.3) is 0 Å². The molecule has 26 heavy (non-hydrogen) atoms. The van der Waals surface area contributed by atoms with Gasteiger partial charge in [0.05, 0.1) is 5.69 Å². The van der Waals surface area contributed by atoms with Crippen LogP contribution < -0.4 is 4.90 Å². The van der Waals surface area contributed by atoms with Crippen molar-refractivity contribution in [1.29, 1.82) is 0 Å². The van der Waals surface area contributed by atoms with Crippen LogP contribution in [0, 0.1) is 0 Å². The average Bonchev–Trinajstić information content (AvgIpc) is 2.83. The molecular weight excluding hydrogens is 344 g/mol. The zero-order valence-corrected chi connectivity index (χ0v) is 16.1. The maximum atomic E-state index is 11.6. The highest BCUT2D eigenvalue weighted by Crippen LogP contribution is 2.52. The first kappa shape index (κ1) is 16.8. The highest BCUT2D eigenvalue weighted by atomic mass is 32.2. The van der Waals surface area contributed by atoms with Gasteiger partial charge < -0.3 is 14.9 Å². The Bertz CT molecular complexity index is 716. The number of hydrogen-bond acceptors (Lipinski definition) is 3. The van der Waals surface area contributed by atoms with E-state index in [4.69, 9.17) is 0 Å².